The van der Waals surface area contributed by atoms with Crippen LogP contribution < -0.4 is 9.47 Å². The Kier molecular flexibility index (Phi) is 6.77. The van der Waals surface area contributed by atoms with Crippen LogP contribution in [0.4, 0.5) is 0 Å². The van der Waals surface area contributed by atoms with Crippen LogP contribution in [0, 0.1) is 0 Å². The van der Waals surface area contributed by atoms with E-state index in [0.717, 1.165) is 5.56 Å². The van der Waals surface area contributed by atoms with E-state index < -0.39 is 17.7 Å². The van der Waals surface area contributed by atoms with Crippen LogP contribution in [0.1, 0.15) is 44.4 Å². The lowest BCUT2D eigenvalue weighted by Gasteiger charge is -2.25. The van der Waals surface area contributed by atoms with Gasteiger partial charge in [0.15, 0.2) is 0 Å². The van der Waals surface area contributed by atoms with Gasteiger partial charge in [0, 0.05) is 12.1 Å². The third-order valence-electron chi connectivity index (χ3n) is 4.91. The van der Waals surface area contributed by atoms with E-state index in [9.17, 15) is 14.7 Å². The fourth-order valence-electron chi connectivity index (χ4n) is 3.69. The smallest absolute Gasteiger partial charge is 0.295 e. The summed E-state index contributed by atoms with van der Waals surface area (Å²) in [5, 5.41) is 11.1. The quantitative estimate of drug-likeness (QED) is 0.399. The third kappa shape index (κ3) is 4.17. The SMILES string of the molecule is CCCN1C(=O)C(=O)/C(=C(\O)c2cccc(OCC)c2)C1c1cccc(OCC)c1. The molecule has 1 heterocycles. The molecule has 6 heteroatoms. The number of carbonyl (C=O) groups is 2. The van der Waals surface area contributed by atoms with E-state index >= 15 is 0 Å². The second kappa shape index (κ2) is 9.48. The summed E-state index contributed by atoms with van der Waals surface area (Å²) in [7, 11) is 0. The zero-order chi connectivity index (χ0) is 21.7. The lowest BCUT2D eigenvalue weighted by molar-refractivity contribution is -0.139. The first-order valence-electron chi connectivity index (χ1n) is 10.3. The van der Waals surface area contributed by atoms with Crippen molar-refractivity contribution in [3.05, 3.63) is 65.2 Å². The Hall–Kier alpha value is -3.28. The summed E-state index contributed by atoms with van der Waals surface area (Å²) in [6.45, 7) is 7.09. The Morgan fingerprint density at radius 3 is 2.23 bits per heavy atom. The molecule has 158 valence electrons. The minimum Gasteiger partial charge on any atom is -0.507 e. The van der Waals surface area contributed by atoms with E-state index in [-0.39, 0.29) is 11.3 Å². The van der Waals surface area contributed by atoms with Crippen LogP contribution in [0.15, 0.2) is 54.1 Å². The number of aliphatic hydroxyl groups excluding tert-OH is 1. The van der Waals surface area contributed by atoms with Crippen molar-refractivity contribution in [1.29, 1.82) is 0 Å². The summed E-state index contributed by atoms with van der Waals surface area (Å²) >= 11 is 0. The average Bonchev–Trinajstić information content (AvgIpc) is 2.99. The highest BCUT2D eigenvalue weighted by Crippen LogP contribution is 2.40. The first kappa shape index (κ1) is 21.4. The maximum atomic E-state index is 12.9. The van der Waals surface area contributed by atoms with Gasteiger partial charge >= 0.3 is 0 Å². The fourth-order valence-corrected chi connectivity index (χ4v) is 3.69. The molecule has 1 unspecified atom stereocenters. The van der Waals surface area contributed by atoms with Crippen LogP contribution in [-0.2, 0) is 9.59 Å². The van der Waals surface area contributed by atoms with E-state index in [0.29, 0.717) is 43.2 Å². The second-order valence-corrected chi connectivity index (χ2v) is 6.96. The molecule has 0 radical (unpaired) electrons. The molecule has 1 aliphatic heterocycles. The summed E-state index contributed by atoms with van der Waals surface area (Å²) in [6, 6.07) is 13.5. The van der Waals surface area contributed by atoms with Crippen LogP contribution in [0.25, 0.3) is 5.76 Å². The van der Waals surface area contributed by atoms with Gasteiger partial charge in [-0.05, 0) is 50.1 Å². The number of amides is 1. The maximum absolute atomic E-state index is 12.9. The molecule has 0 spiro atoms. The van der Waals surface area contributed by atoms with E-state index in [1.807, 2.05) is 45.0 Å². The van der Waals surface area contributed by atoms with Crippen LogP contribution >= 0.6 is 0 Å². The Bertz CT molecular complexity index is 966. The van der Waals surface area contributed by atoms with Crippen LogP contribution in [0.2, 0.25) is 0 Å². The molecule has 30 heavy (non-hydrogen) atoms. The Morgan fingerprint density at radius 2 is 1.60 bits per heavy atom. The standard InChI is InChI=1S/C24H27NO5/c1-4-13-25-21(16-9-7-11-18(14-16)29-5-2)20(23(27)24(25)28)22(26)17-10-8-12-19(15-17)30-6-3/h7-12,14-15,21,26H,4-6,13H2,1-3H3/b22-20-. The molecule has 2 aromatic rings. The first-order chi connectivity index (χ1) is 14.5. The second-order valence-electron chi connectivity index (χ2n) is 6.96. The molecule has 0 bridgehead atoms. The van der Waals surface area contributed by atoms with E-state index in [4.69, 9.17) is 9.47 Å². The van der Waals surface area contributed by atoms with Crippen molar-refractivity contribution < 1.29 is 24.2 Å². The minimum atomic E-state index is -0.686. The number of rotatable bonds is 8. The molecule has 6 nitrogen and oxygen atoms in total. The summed E-state index contributed by atoms with van der Waals surface area (Å²) in [6.07, 6.45) is 0.689. The van der Waals surface area contributed by atoms with Gasteiger partial charge < -0.3 is 19.5 Å². The molecular formula is C24H27NO5. The number of Topliss-reactive ketones (excluding diaryl/α,β-unsaturated/α-hetero) is 1. The lowest BCUT2D eigenvalue weighted by atomic mass is 9.95. The normalized spacial score (nSPS) is 18.0. The van der Waals surface area contributed by atoms with Crippen molar-refractivity contribution in [2.75, 3.05) is 19.8 Å². The molecule has 1 aliphatic rings. The average molecular weight is 409 g/mol. The minimum absolute atomic E-state index is 0.0794. The monoisotopic (exact) mass is 409 g/mol. The zero-order valence-electron chi connectivity index (χ0n) is 17.6. The third-order valence-corrected chi connectivity index (χ3v) is 4.91. The summed E-state index contributed by atoms with van der Waals surface area (Å²) in [4.78, 5) is 27.2. The number of ether oxygens (including phenoxy) is 2. The summed E-state index contributed by atoms with van der Waals surface area (Å²) < 4.78 is 11.1. The molecular weight excluding hydrogens is 382 g/mol. The molecule has 1 amide bonds. The number of likely N-dealkylation sites (tertiary alicyclic amines) is 1. The number of benzene rings is 2. The molecule has 1 fully saturated rings. The molecule has 3 rings (SSSR count). The Labute approximate surface area is 176 Å². The summed E-state index contributed by atoms with van der Waals surface area (Å²) in [5.41, 5.74) is 1.23. The van der Waals surface area contributed by atoms with Crippen molar-refractivity contribution in [3.8, 4) is 11.5 Å². The number of hydrogen-bond acceptors (Lipinski definition) is 5. The van der Waals surface area contributed by atoms with Crippen LogP contribution in [-0.4, -0.2) is 41.5 Å². The van der Waals surface area contributed by atoms with Crippen molar-refractivity contribution in [2.45, 2.75) is 33.2 Å². The molecule has 0 aromatic heterocycles. The van der Waals surface area contributed by atoms with Crippen molar-refractivity contribution in [1.82, 2.24) is 4.90 Å². The lowest BCUT2D eigenvalue weighted by Crippen LogP contribution is -2.30. The van der Waals surface area contributed by atoms with E-state index in [1.54, 1.807) is 24.3 Å². The van der Waals surface area contributed by atoms with Gasteiger partial charge in [0.25, 0.3) is 11.7 Å². The van der Waals surface area contributed by atoms with Gasteiger partial charge in [0.2, 0.25) is 0 Å². The number of carbonyl (C=O) groups excluding carboxylic acids is 2. The van der Waals surface area contributed by atoms with Gasteiger partial charge in [-0.2, -0.15) is 0 Å². The highest BCUT2D eigenvalue weighted by Gasteiger charge is 2.45. The van der Waals surface area contributed by atoms with E-state index in [1.165, 1.54) is 4.90 Å². The number of nitrogens with zero attached hydrogens (tertiary/aromatic N) is 1. The predicted molar refractivity (Wildman–Crippen MR) is 115 cm³/mol. The van der Waals surface area contributed by atoms with E-state index in [2.05, 4.69) is 0 Å². The highest BCUT2D eigenvalue weighted by molar-refractivity contribution is 6.46. The molecule has 0 saturated carbocycles. The van der Waals surface area contributed by atoms with Crippen molar-refractivity contribution >= 4 is 17.4 Å². The molecule has 1 atom stereocenters. The van der Waals surface area contributed by atoms with Crippen molar-refractivity contribution in [3.63, 3.8) is 0 Å². The zero-order valence-corrected chi connectivity index (χ0v) is 17.6. The van der Waals surface area contributed by atoms with Gasteiger partial charge in [-0.3, -0.25) is 9.59 Å². The number of ketones is 1. The maximum Gasteiger partial charge on any atom is 0.295 e. The Balaban J connectivity index is 2.15. The molecule has 1 saturated heterocycles. The first-order valence-corrected chi connectivity index (χ1v) is 10.3. The molecule has 2 aromatic carbocycles. The highest BCUT2D eigenvalue weighted by atomic mass is 16.5. The largest absolute Gasteiger partial charge is 0.507 e. The topological polar surface area (TPSA) is 76.1 Å². The van der Waals surface area contributed by atoms with Crippen molar-refractivity contribution in [2.24, 2.45) is 0 Å². The van der Waals surface area contributed by atoms with Gasteiger partial charge in [0.05, 0.1) is 24.8 Å². The van der Waals surface area contributed by atoms with Gasteiger partial charge in [0.1, 0.15) is 17.3 Å². The number of hydrogen-bond donors (Lipinski definition) is 1. The fraction of sp³-hybridized carbons (Fsp3) is 0.333. The Morgan fingerprint density at radius 1 is 0.967 bits per heavy atom. The van der Waals surface area contributed by atoms with Crippen LogP contribution in [0.5, 0.6) is 11.5 Å². The molecule has 1 N–H and O–H groups in total. The van der Waals surface area contributed by atoms with Crippen LogP contribution in [0.3, 0.4) is 0 Å². The number of aliphatic hydroxyl groups is 1. The molecule has 0 aliphatic carbocycles. The van der Waals surface area contributed by atoms with Gasteiger partial charge in [-0.25, -0.2) is 0 Å². The van der Waals surface area contributed by atoms with Gasteiger partial charge in [-0.1, -0.05) is 31.2 Å². The summed E-state index contributed by atoms with van der Waals surface area (Å²) in [5.74, 6) is -0.268. The van der Waals surface area contributed by atoms with Gasteiger partial charge in [-0.15, -0.1) is 0 Å². The predicted octanol–water partition coefficient (Wildman–Crippen LogP) is 4.32.